The zero-order valence-corrected chi connectivity index (χ0v) is 10.7. The van der Waals surface area contributed by atoms with E-state index in [9.17, 15) is 0 Å². The maximum atomic E-state index is 5.51. The van der Waals surface area contributed by atoms with Crippen LogP contribution >= 0.6 is 0 Å². The molecule has 0 amide bonds. The molecule has 2 N–H and O–H groups in total. The van der Waals surface area contributed by atoms with E-state index in [2.05, 4.69) is 16.3 Å². The van der Waals surface area contributed by atoms with Crippen molar-refractivity contribution in [1.82, 2.24) is 10.2 Å². The molecule has 1 aromatic carbocycles. The van der Waals surface area contributed by atoms with E-state index in [4.69, 9.17) is 10.5 Å². The summed E-state index contributed by atoms with van der Waals surface area (Å²) in [5, 5.41) is 8.22. The number of nitrogens with zero attached hydrogens (tertiary/aromatic N) is 2. The Kier molecular flexibility index (Phi) is 3.89. The molecule has 1 heterocycles. The average Bonchev–Trinajstić information content (AvgIpc) is 2.41. The predicted octanol–water partition coefficient (Wildman–Crippen LogP) is 2.31. The van der Waals surface area contributed by atoms with E-state index in [0.29, 0.717) is 13.2 Å². The van der Waals surface area contributed by atoms with Crippen LogP contribution in [0.25, 0.3) is 11.3 Å². The molecular formula is C14H17N3O. The number of hydrogen-bond donors (Lipinski definition) is 1. The van der Waals surface area contributed by atoms with Crippen LogP contribution in [0.4, 0.5) is 0 Å². The van der Waals surface area contributed by atoms with E-state index in [0.717, 1.165) is 28.3 Å². The van der Waals surface area contributed by atoms with Crippen LogP contribution in [0.3, 0.4) is 0 Å². The Morgan fingerprint density at radius 3 is 2.56 bits per heavy atom. The van der Waals surface area contributed by atoms with Crippen molar-refractivity contribution in [2.24, 2.45) is 5.73 Å². The van der Waals surface area contributed by atoms with Crippen LogP contribution in [0.2, 0.25) is 0 Å². The highest BCUT2D eigenvalue weighted by Gasteiger charge is 2.04. The lowest BCUT2D eigenvalue weighted by molar-refractivity contribution is 0.338. The molecule has 4 heteroatoms. The van der Waals surface area contributed by atoms with Crippen molar-refractivity contribution in [2.45, 2.75) is 20.4 Å². The fourth-order valence-electron chi connectivity index (χ4n) is 1.75. The molecule has 0 saturated carbocycles. The monoisotopic (exact) mass is 243 g/mol. The summed E-state index contributed by atoms with van der Waals surface area (Å²) in [5.74, 6) is 0.910. The number of aryl methyl sites for hydroxylation is 1. The first-order valence-electron chi connectivity index (χ1n) is 6.01. The van der Waals surface area contributed by atoms with Gasteiger partial charge in [-0.25, -0.2) is 0 Å². The van der Waals surface area contributed by atoms with Gasteiger partial charge in [0.15, 0.2) is 0 Å². The quantitative estimate of drug-likeness (QED) is 0.895. The molecule has 2 aromatic rings. The predicted molar refractivity (Wildman–Crippen MR) is 71.3 cm³/mol. The fourth-order valence-corrected chi connectivity index (χ4v) is 1.75. The number of nitrogens with two attached hydrogens (primary N) is 1. The molecule has 0 radical (unpaired) electrons. The number of hydrogen-bond acceptors (Lipinski definition) is 4. The number of ether oxygens (including phenoxy) is 1. The molecule has 1 aromatic heterocycles. The first kappa shape index (κ1) is 12.5. The minimum atomic E-state index is 0.412. The SMILES string of the molecule is CCOc1ccc(-c2ccc(CN)nn2)cc1C. The van der Waals surface area contributed by atoms with Gasteiger partial charge >= 0.3 is 0 Å². The lowest BCUT2D eigenvalue weighted by Crippen LogP contribution is -2.01. The molecule has 94 valence electrons. The highest BCUT2D eigenvalue weighted by atomic mass is 16.5. The lowest BCUT2D eigenvalue weighted by atomic mass is 10.1. The summed E-state index contributed by atoms with van der Waals surface area (Å²) >= 11 is 0. The summed E-state index contributed by atoms with van der Waals surface area (Å²) in [7, 11) is 0. The molecular weight excluding hydrogens is 226 g/mol. The Labute approximate surface area is 107 Å². The van der Waals surface area contributed by atoms with Gasteiger partial charge in [0, 0.05) is 12.1 Å². The van der Waals surface area contributed by atoms with Crippen LogP contribution in [-0.2, 0) is 6.54 Å². The molecule has 0 saturated heterocycles. The average molecular weight is 243 g/mol. The summed E-state index contributed by atoms with van der Waals surface area (Å²) in [6.45, 7) is 5.08. The number of benzene rings is 1. The van der Waals surface area contributed by atoms with Gasteiger partial charge in [-0.15, -0.1) is 0 Å². The van der Waals surface area contributed by atoms with Crippen LogP contribution in [0.15, 0.2) is 30.3 Å². The third kappa shape index (κ3) is 2.65. The maximum absolute atomic E-state index is 5.51. The summed E-state index contributed by atoms with van der Waals surface area (Å²) in [5.41, 5.74) is 9.27. The third-order valence-electron chi connectivity index (χ3n) is 2.70. The minimum absolute atomic E-state index is 0.412. The Balaban J connectivity index is 2.30. The van der Waals surface area contributed by atoms with Crippen molar-refractivity contribution in [1.29, 1.82) is 0 Å². The molecule has 0 atom stereocenters. The maximum Gasteiger partial charge on any atom is 0.122 e. The highest BCUT2D eigenvalue weighted by molar-refractivity contribution is 5.61. The second kappa shape index (κ2) is 5.60. The van der Waals surface area contributed by atoms with Crippen molar-refractivity contribution < 1.29 is 4.74 Å². The zero-order valence-electron chi connectivity index (χ0n) is 10.7. The van der Waals surface area contributed by atoms with Crippen LogP contribution in [0.5, 0.6) is 5.75 Å². The summed E-state index contributed by atoms with van der Waals surface area (Å²) in [4.78, 5) is 0. The first-order valence-corrected chi connectivity index (χ1v) is 6.01. The second-order valence-electron chi connectivity index (χ2n) is 4.03. The molecule has 18 heavy (non-hydrogen) atoms. The van der Waals surface area contributed by atoms with Gasteiger partial charge in [0.2, 0.25) is 0 Å². The van der Waals surface area contributed by atoms with Crippen LogP contribution < -0.4 is 10.5 Å². The molecule has 0 spiro atoms. The Morgan fingerprint density at radius 1 is 1.17 bits per heavy atom. The summed E-state index contributed by atoms with van der Waals surface area (Å²) in [6.07, 6.45) is 0. The van der Waals surface area contributed by atoms with Gasteiger partial charge in [-0.1, -0.05) is 0 Å². The van der Waals surface area contributed by atoms with Crippen LogP contribution in [0.1, 0.15) is 18.2 Å². The first-order chi connectivity index (χ1) is 8.74. The summed E-state index contributed by atoms with van der Waals surface area (Å²) < 4.78 is 5.51. The van der Waals surface area contributed by atoms with Gasteiger partial charge in [0.1, 0.15) is 5.75 Å². The highest BCUT2D eigenvalue weighted by Crippen LogP contribution is 2.24. The molecule has 4 nitrogen and oxygen atoms in total. The Morgan fingerprint density at radius 2 is 2.00 bits per heavy atom. The largest absolute Gasteiger partial charge is 0.494 e. The third-order valence-corrected chi connectivity index (χ3v) is 2.70. The Hall–Kier alpha value is -1.94. The molecule has 0 bridgehead atoms. The number of aromatic nitrogens is 2. The second-order valence-corrected chi connectivity index (χ2v) is 4.03. The van der Waals surface area contributed by atoms with Crippen LogP contribution in [-0.4, -0.2) is 16.8 Å². The molecule has 0 aliphatic carbocycles. The normalized spacial score (nSPS) is 10.4. The Bertz CT molecular complexity index is 523. The van der Waals surface area contributed by atoms with E-state index in [1.807, 2.05) is 38.1 Å². The van der Waals surface area contributed by atoms with Gasteiger partial charge in [0.05, 0.1) is 18.0 Å². The molecule has 0 fully saturated rings. The van der Waals surface area contributed by atoms with E-state index < -0.39 is 0 Å². The molecule has 0 aliphatic heterocycles. The van der Waals surface area contributed by atoms with Crippen molar-refractivity contribution in [3.63, 3.8) is 0 Å². The van der Waals surface area contributed by atoms with Crippen molar-refractivity contribution in [2.75, 3.05) is 6.61 Å². The van der Waals surface area contributed by atoms with Gasteiger partial charge in [0.25, 0.3) is 0 Å². The van der Waals surface area contributed by atoms with Crippen molar-refractivity contribution in [3.05, 3.63) is 41.6 Å². The van der Waals surface area contributed by atoms with Gasteiger partial charge in [-0.05, 0) is 49.7 Å². The van der Waals surface area contributed by atoms with E-state index in [-0.39, 0.29) is 0 Å². The van der Waals surface area contributed by atoms with E-state index in [1.54, 1.807) is 0 Å². The lowest BCUT2D eigenvalue weighted by Gasteiger charge is -2.08. The van der Waals surface area contributed by atoms with Gasteiger partial charge < -0.3 is 10.5 Å². The van der Waals surface area contributed by atoms with Gasteiger partial charge in [-0.2, -0.15) is 10.2 Å². The molecule has 0 unspecified atom stereocenters. The minimum Gasteiger partial charge on any atom is -0.494 e. The fraction of sp³-hybridized carbons (Fsp3) is 0.286. The zero-order chi connectivity index (χ0) is 13.0. The standard InChI is InChI=1S/C14H17N3O/c1-3-18-14-7-4-11(8-10(14)2)13-6-5-12(9-15)16-17-13/h4-8H,3,9,15H2,1-2H3. The van der Waals surface area contributed by atoms with Gasteiger partial charge in [-0.3, -0.25) is 0 Å². The topological polar surface area (TPSA) is 61.0 Å². The van der Waals surface area contributed by atoms with Crippen LogP contribution in [0, 0.1) is 6.92 Å². The molecule has 2 rings (SSSR count). The van der Waals surface area contributed by atoms with Crippen molar-refractivity contribution >= 4 is 0 Å². The smallest absolute Gasteiger partial charge is 0.122 e. The number of rotatable bonds is 4. The van der Waals surface area contributed by atoms with E-state index >= 15 is 0 Å². The van der Waals surface area contributed by atoms with E-state index in [1.165, 1.54) is 0 Å². The van der Waals surface area contributed by atoms with Crippen molar-refractivity contribution in [3.8, 4) is 17.0 Å². The molecule has 0 aliphatic rings. The summed E-state index contributed by atoms with van der Waals surface area (Å²) in [6, 6.07) is 9.84.